The lowest BCUT2D eigenvalue weighted by molar-refractivity contribution is 0.206. The fourth-order valence-corrected chi connectivity index (χ4v) is 3.40. The number of ether oxygens (including phenoxy) is 1. The van der Waals surface area contributed by atoms with Gasteiger partial charge in [0, 0.05) is 19.6 Å². The van der Waals surface area contributed by atoms with Gasteiger partial charge in [-0.25, -0.2) is 4.79 Å². The summed E-state index contributed by atoms with van der Waals surface area (Å²) in [5.41, 5.74) is 1.21. The molecule has 1 aromatic carbocycles. The van der Waals surface area contributed by atoms with Gasteiger partial charge in [-0.05, 0) is 48.8 Å². The molecular formula is C18H24N2O2. The zero-order chi connectivity index (χ0) is 15.4. The van der Waals surface area contributed by atoms with E-state index in [0.29, 0.717) is 18.4 Å². The Morgan fingerprint density at radius 3 is 2.41 bits per heavy atom. The third-order valence-corrected chi connectivity index (χ3v) is 4.76. The number of urea groups is 1. The van der Waals surface area contributed by atoms with Crippen LogP contribution in [0, 0.1) is 11.8 Å². The SMILES string of the molecule is COc1ccc(CCNC(=O)N2CC3CC=CCC3C2)cc1. The molecule has 0 radical (unpaired) electrons. The lowest BCUT2D eigenvalue weighted by Gasteiger charge is -2.17. The summed E-state index contributed by atoms with van der Waals surface area (Å²) in [6.07, 6.45) is 7.61. The molecule has 1 fully saturated rings. The monoisotopic (exact) mass is 300 g/mol. The van der Waals surface area contributed by atoms with E-state index in [-0.39, 0.29) is 6.03 Å². The second-order valence-electron chi connectivity index (χ2n) is 6.20. The topological polar surface area (TPSA) is 41.6 Å². The average Bonchev–Trinajstić information content (AvgIpc) is 2.99. The van der Waals surface area contributed by atoms with Crippen molar-refractivity contribution in [3.05, 3.63) is 42.0 Å². The van der Waals surface area contributed by atoms with E-state index in [9.17, 15) is 4.79 Å². The van der Waals surface area contributed by atoms with Gasteiger partial charge in [0.1, 0.15) is 5.75 Å². The van der Waals surface area contributed by atoms with Gasteiger partial charge in [0.15, 0.2) is 0 Å². The molecule has 2 atom stereocenters. The number of amides is 2. The van der Waals surface area contributed by atoms with Crippen molar-refractivity contribution >= 4 is 6.03 Å². The molecule has 118 valence electrons. The highest BCUT2D eigenvalue weighted by molar-refractivity contribution is 5.74. The summed E-state index contributed by atoms with van der Waals surface area (Å²) in [5, 5.41) is 3.05. The molecule has 1 heterocycles. The normalized spacial score (nSPS) is 23.2. The fraction of sp³-hybridized carbons (Fsp3) is 0.500. The van der Waals surface area contributed by atoms with Crippen molar-refractivity contribution in [1.29, 1.82) is 0 Å². The second-order valence-corrected chi connectivity index (χ2v) is 6.20. The van der Waals surface area contributed by atoms with Crippen LogP contribution in [0.5, 0.6) is 5.75 Å². The van der Waals surface area contributed by atoms with Crippen LogP contribution < -0.4 is 10.1 Å². The van der Waals surface area contributed by atoms with E-state index in [2.05, 4.69) is 17.5 Å². The Morgan fingerprint density at radius 1 is 1.18 bits per heavy atom. The van der Waals surface area contributed by atoms with Crippen LogP contribution in [-0.4, -0.2) is 37.7 Å². The van der Waals surface area contributed by atoms with Gasteiger partial charge in [-0.2, -0.15) is 0 Å². The highest BCUT2D eigenvalue weighted by Crippen LogP contribution is 2.32. The number of carbonyl (C=O) groups excluding carboxylic acids is 1. The van der Waals surface area contributed by atoms with Gasteiger partial charge in [0.2, 0.25) is 0 Å². The van der Waals surface area contributed by atoms with Crippen molar-refractivity contribution in [3.63, 3.8) is 0 Å². The van der Waals surface area contributed by atoms with Crippen molar-refractivity contribution < 1.29 is 9.53 Å². The molecule has 1 aliphatic carbocycles. The van der Waals surface area contributed by atoms with Crippen molar-refractivity contribution in [2.75, 3.05) is 26.7 Å². The molecule has 1 aliphatic heterocycles. The molecule has 22 heavy (non-hydrogen) atoms. The third kappa shape index (κ3) is 3.43. The van der Waals surface area contributed by atoms with E-state index < -0.39 is 0 Å². The predicted octanol–water partition coefficient (Wildman–Crippen LogP) is 2.85. The van der Waals surface area contributed by atoms with Crippen molar-refractivity contribution in [2.45, 2.75) is 19.3 Å². The molecule has 1 N–H and O–H groups in total. The Labute approximate surface area is 132 Å². The fourth-order valence-electron chi connectivity index (χ4n) is 3.40. The van der Waals surface area contributed by atoms with Crippen LogP contribution in [0.1, 0.15) is 18.4 Å². The molecule has 0 saturated carbocycles. The van der Waals surface area contributed by atoms with Gasteiger partial charge in [-0.3, -0.25) is 0 Å². The first-order valence-electron chi connectivity index (χ1n) is 8.07. The van der Waals surface area contributed by atoms with Gasteiger partial charge < -0.3 is 15.0 Å². The molecular weight excluding hydrogens is 276 g/mol. The van der Waals surface area contributed by atoms with Crippen LogP contribution >= 0.6 is 0 Å². The quantitative estimate of drug-likeness (QED) is 0.869. The van der Waals surface area contributed by atoms with Crippen LogP contribution in [0.15, 0.2) is 36.4 Å². The maximum atomic E-state index is 12.3. The summed E-state index contributed by atoms with van der Waals surface area (Å²) in [5.74, 6) is 2.19. The lowest BCUT2D eigenvalue weighted by Crippen LogP contribution is -2.39. The molecule has 3 rings (SSSR count). The van der Waals surface area contributed by atoms with Gasteiger partial charge in [0.05, 0.1) is 7.11 Å². The Bertz CT molecular complexity index is 523. The summed E-state index contributed by atoms with van der Waals surface area (Å²) >= 11 is 0. The molecule has 0 bridgehead atoms. The van der Waals surface area contributed by atoms with Crippen LogP contribution in [0.4, 0.5) is 4.79 Å². The molecule has 4 heteroatoms. The molecule has 0 spiro atoms. The Balaban J connectivity index is 1.42. The largest absolute Gasteiger partial charge is 0.497 e. The van der Waals surface area contributed by atoms with E-state index in [0.717, 1.165) is 38.1 Å². The molecule has 4 nitrogen and oxygen atoms in total. The zero-order valence-electron chi connectivity index (χ0n) is 13.1. The average molecular weight is 300 g/mol. The van der Waals surface area contributed by atoms with Crippen molar-refractivity contribution in [2.24, 2.45) is 11.8 Å². The van der Waals surface area contributed by atoms with E-state index in [1.807, 2.05) is 29.2 Å². The maximum Gasteiger partial charge on any atom is 0.317 e. The highest BCUT2D eigenvalue weighted by atomic mass is 16.5. The van der Waals surface area contributed by atoms with Gasteiger partial charge in [0.25, 0.3) is 0 Å². The minimum atomic E-state index is 0.0860. The van der Waals surface area contributed by atoms with E-state index in [1.165, 1.54) is 5.56 Å². The first-order chi connectivity index (χ1) is 10.8. The zero-order valence-corrected chi connectivity index (χ0v) is 13.1. The van der Waals surface area contributed by atoms with E-state index >= 15 is 0 Å². The van der Waals surface area contributed by atoms with Crippen molar-refractivity contribution in [3.8, 4) is 5.75 Å². The van der Waals surface area contributed by atoms with Crippen molar-refractivity contribution in [1.82, 2.24) is 10.2 Å². The lowest BCUT2D eigenvalue weighted by atomic mass is 9.86. The van der Waals surface area contributed by atoms with Gasteiger partial charge in [-0.1, -0.05) is 24.3 Å². The number of fused-ring (bicyclic) bond motifs is 1. The summed E-state index contributed by atoms with van der Waals surface area (Å²) in [6.45, 7) is 2.49. The first kappa shape index (κ1) is 14.9. The molecule has 2 aliphatic rings. The maximum absolute atomic E-state index is 12.3. The van der Waals surface area contributed by atoms with Crippen LogP contribution in [0.25, 0.3) is 0 Å². The smallest absolute Gasteiger partial charge is 0.317 e. The van der Waals surface area contributed by atoms with Gasteiger partial charge >= 0.3 is 6.03 Å². The highest BCUT2D eigenvalue weighted by Gasteiger charge is 2.34. The number of rotatable bonds is 4. The number of nitrogens with one attached hydrogen (secondary N) is 1. The summed E-state index contributed by atoms with van der Waals surface area (Å²) in [7, 11) is 1.67. The number of allylic oxidation sites excluding steroid dienone is 2. The minimum absolute atomic E-state index is 0.0860. The number of methoxy groups -OCH3 is 1. The number of benzene rings is 1. The molecule has 1 saturated heterocycles. The molecule has 0 aromatic heterocycles. The van der Waals surface area contributed by atoms with Crippen LogP contribution in [0.2, 0.25) is 0 Å². The third-order valence-electron chi connectivity index (χ3n) is 4.76. The number of likely N-dealkylation sites (tertiary alicyclic amines) is 1. The molecule has 1 aromatic rings. The number of hydrogen-bond acceptors (Lipinski definition) is 2. The summed E-state index contributed by atoms with van der Waals surface area (Å²) < 4.78 is 5.14. The predicted molar refractivity (Wildman–Crippen MR) is 87.0 cm³/mol. The summed E-state index contributed by atoms with van der Waals surface area (Å²) in [6, 6.07) is 8.08. The van der Waals surface area contributed by atoms with Crippen LogP contribution in [-0.2, 0) is 6.42 Å². The minimum Gasteiger partial charge on any atom is -0.497 e. The number of carbonyl (C=O) groups is 1. The number of nitrogens with zero attached hydrogens (tertiary/aromatic N) is 1. The Hall–Kier alpha value is -1.97. The van der Waals surface area contributed by atoms with E-state index in [1.54, 1.807) is 7.11 Å². The van der Waals surface area contributed by atoms with Gasteiger partial charge in [-0.15, -0.1) is 0 Å². The van der Waals surface area contributed by atoms with E-state index in [4.69, 9.17) is 4.74 Å². The second kappa shape index (κ2) is 6.86. The standard InChI is InChI=1S/C18H24N2O2/c1-22-17-8-6-14(7-9-17)10-11-19-18(21)20-12-15-4-2-3-5-16(15)13-20/h2-3,6-9,15-16H,4-5,10-13H2,1H3,(H,19,21). The Kier molecular flexibility index (Phi) is 4.66. The first-order valence-corrected chi connectivity index (χ1v) is 8.07. The Morgan fingerprint density at radius 2 is 1.82 bits per heavy atom. The van der Waals surface area contributed by atoms with Crippen LogP contribution in [0.3, 0.4) is 0 Å². The number of hydrogen-bond donors (Lipinski definition) is 1. The molecule has 2 unspecified atom stereocenters. The summed E-state index contributed by atoms with van der Waals surface area (Å²) in [4.78, 5) is 14.2. The molecule has 2 amide bonds.